The summed E-state index contributed by atoms with van der Waals surface area (Å²) in [6.07, 6.45) is 5.60. The van der Waals surface area contributed by atoms with E-state index in [0.717, 1.165) is 54.8 Å². The SMILES string of the molecule is O=C1N[C@]2(CC[C@@H]3CN(Cc4ccc5nccnc5c4)C[C@@H]32)Nc2ccccc21. The molecule has 1 spiro atoms. The van der Waals surface area contributed by atoms with Gasteiger partial charge in [-0.25, -0.2) is 0 Å². The molecular weight excluding hydrogens is 362 g/mol. The van der Waals surface area contributed by atoms with Crippen LogP contribution in [-0.4, -0.2) is 39.5 Å². The Morgan fingerprint density at radius 3 is 2.83 bits per heavy atom. The highest BCUT2D eigenvalue weighted by Crippen LogP contribution is 2.47. The topological polar surface area (TPSA) is 70.2 Å². The molecule has 1 saturated heterocycles. The lowest BCUT2D eigenvalue weighted by molar-refractivity contribution is 0.0871. The predicted molar refractivity (Wildman–Crippen MR) is 111 cm³/mol. The van der Waals surface area contributed by atoms with Gasteiger partial charge in [0.2, 0.25) is 0 Å². The summed E-state index contributed by atoms with van der Waals surface area (Å²) < 4.78 is 0. The van der Waals surface area contributed by atoms with E-state index in [2.05, 4.69) is 43.7 Å². The number of rotatable bonds is 2. The Bertz CT molecular complexity index is 1120. The van der Waals surface area contributed by atoms with E-state index < -0.39 is 0 Å². The van der Waals surface area contributed by atoms with Crippen LogP contribution in [0.25, 0.3) is 11.0 Å². The van der Waals surface area contributed by atoms with Crippen molar-refractivity contribution in [2.75, 3.05) is 18.4 Å². The second-order valence-electron chi connectivity index (χ2n) is 8.57. The Morgan fingerprint density at radius 2 is 1.90 bits per heavy atom. The minimum Gasteiger partial charge on any atom is -0.362 e. The Kier molecular flexibility index (Phi) is 3.65. The zero-order valence-corrected chi connectivity index (χ0v) is 16.1. The van der Waals surface area contributed by atoms with E-state index in [1.807, 2.05) is 24.3 Å². The molecule has 2 aromatic carbocycles. The molecule has 3 atom stereocenters. The van der Waals surface area contributed by atoms with Crippen LogP contribution in [0.3, 0.4) is 0 Å². The first-order chi connectivity index (χ1) is 14.2. The molecule has 146 valence electrons. The van der Waals surface area contributed by atoms with Gasteiger partial charge >= 0.3 is 0 Å². The lowest BCUT2D eigenvalue weighted by atomic mass is 9.89. The quantitative estimate of drug-likeness (QED) is 0.710. The normalized spacial score (nSPS) is 28.2. The number of carbonyl (C=O) groups excluding carboxylic acids is 1. The van der Waals surface area contributed by atoms with E-state index in [-0.39, 0.29) is 11.6 Å². The van der Waals surface area contributed by atoms with Crippen LogP contribution < -0.4 is 10.6 Å². The van der Waals surface area contributed by atoms with E-state index in [4.69, 9.17) is 0 Å². The predicted octanol–water partition coefficient (Wildman–Crippen LogP) is 3.02. The monoisotopic (exact) mass is 385 g/mol. The Hall–Kier alpha value is -2.99. The number of aromatic nitrogens is 2. The fourth-order valence-electron chi connectivity index (χ4n) is 5.55. The Balaban J connectivity index is 1.23. The van der Waals surface area contributed by atoms with E-state index in [9.17, 15) is 4.79 Å². The van der Waals surface area contributed by atoms with Crippen molar-refractivity contribution in [3.63, 3.8) is 0 Å². The number of anilines is 1. The maximum atomic E-state index is 12.8. The van der Waals surface area contributed by atoms with Crippen LogP contribution in [0.5, 0.6) is 0 Å². The first-order valence-electron chi connectivity index (χ1n) is 10.3. The third kappa shape index (κ3) is 2.70. The third-order valence-corrected chi connectivity index (χ3v) is 6.87. The van der Waals surface area contributed by atoms with E-state index >= 15 is 0 Å². The second kappa shape index (κ2) is 6.26. The number of para-hydroxylation sites is 1. The minimum atomic E-state index is -0.320. The van der Waals surface area contributed by atoms with Crippen molar-refractivity contribution in [3.8, 4) is 0 Å². The molecule has 2 aliphatic heterocycles. The first kappa shape index (κ1) is 16.9. The van der Waals surface area contributed by atoms with Gasteiger partial charge < -0.3 is 10.6 Å². The Labute approximate surface area is 169 Å². The number of nitrogens with one attached hydrogen (secondary N) is 2. The van der Waals surface area contributed by atoms with Crippen molar-refractivity contribution in [1.82, 2.24) is 20.2 Å². The highest BCUT2D eigenvalue weighted by atomic mass is 16.2. The van der Waals surface area contributed by atoms with E-state index in [1.165, 1.54) is 5.56 Å². The lowest BCUT2D eigenvalue weighted by Crippen LogP contribution is -2.61. The molecule has 2 fully saturated rings. The van der Waals surface area contributed by atoms with Crippen molar-refractivity contribution >= 4 is 22.6 Å². The van der Waals surface area contributed by atoms with Gasteiger partial charge in [-0.15, -0.1) is 0 Å². The van der Waals surface area contributed by atoms with Crippen molar-refractivity contribution in [1.29, 1.82) is 0 Å². The summed E-state index contributed by atoms with van der Waals surface area (Å²) >= 11 is 0. The molecule has 3 aliphatic rings. The summed E-state index contributed by atoms with van der Waals surface area (Å²) in [5.74, 6) is 1.07. The number of carbonyl (C=O) groups is 1. The molecule has 3 aromatic rings. The van der Waals surface area contributed by atoms with Crippen LogP contribution in [0.2, 0.25) is 0 Å². The van der Waals surface area contributed by atoms with Gasteiger partial charge in [-0.2, -0.15) is 0 Å². The zero-order chi connectivity index (χ0) is 19.4. The number of amides is 1. The van der Waals surface area contributed by atoms with Gasteiger partial charge in [-0.05, 0) is 48.6 Å². The molecule has 1 aromatic heterocycles. The van der Waals surface area contributed by atoms with Crippen LogP contribution in [-0.2, 0) is 6.54 Å². The second-order valence-corrected chi connectivity index (χ2v) is 8.57. The molecule has 1 saturated carbocycles. The number of hydrogen-bond acceptors (Lipinski definition) is 5. The standard InChI is InChI=1S/C23H23N5O/c29-22-17-3-1-2-4-19(17)26-23(27-22)8-7-16-13-28(14-18(16)23)12-15-5-6-20-21(11-15)25-10-9-24-20/h1-6,9-11,16,18,26H,7-8,12-14H2,(H,27,29)/t16-,18+,23+/m1/s1. The molecule has 6 rings (SSSR count). The van der Waals surface area contributed by atoms with Crippen LogP contribution >= 0.6 is 0 Å². The van der Waals surface area contributed by atoms with Crippen molar-refractivity contribution in [2.24, 2.45) is 11.8 Å². The van der Waals surface area contributed by atoms with Gasteiger partial charge in [0.15, 0.2) is 0 Å². The van der Waals surface area contributed by atoms with Crippen LogP contribution in [0.1, 0.15) is 28.8 Å². The maximum absolute atomic E-state index is 12.8. The van der Waals surface area contributed by atoms with Crippen LogP contribution in [0.4, 0.5) is 5.69 Å². The molecule has 3 heterocycles. The third-order valence-electron chi connectivity index (χ3n) is 6.87. The lowest BCUT2D eigenvalue weighted by Gasteiger charge is -2.42. The van der Waals surface area contributed by atoms with Gasteiger partial charge in [0.05, 0.1) is 16.6 Å². The largest absolute Gasteiger partial charge is 0.362 e. The zero-order valence-electron chi connectivity index (χ0n) is 16.1. The summed E-state index contributed by atoms with van der Waals surface area (Å²) in [6.45, 7) is 2.96. The van der Waals surface area contributed by atoms with Crippen molar-refractivity contribution in [2.45, 2.75) is 25.0 Å². The summed E-state index contributed by atoms with van der Waals surface area (Å²) in [6, 6.07) is 14.2. The highest BCUT2D eigenvalue weighted by Gasteiger charge is 2.54. The Morgan fingerprint density at radius 1 is 1.03 bits per heavy atom. The van der Waals surface area contributed by atoms with Gasteiger partial charge in [-0.3, -0.25) is 19.7 Å². The fourth-order valence-corrected chi connectivity index (χ4v) is 5.55. The highest BCUT2D eigenvalue weighted by molar-refractivity contribution is 6.02. The van der Waals surface area contributed by atoms with Crippen molar-refractivity contribution in [3.05, 3.63) is 66.0 Å². The molecule has 0 radical (unpaired) electrons. The number of benzene rings is 2. The molecule has 0 unspecified atom stereocenters. The number of fused-ring (bicyclic) bond motifs is 4. The number of nitrogens with zero attached hydrogens (tertiary/aromatic N) is 3. The first-order valence-corrected chi connectivity index (χ1v) is 10.3. The van der Waals surface area contributed by atoms with Crippen LogP contribution in [0, 0.1) is 11.8 Å². The summed E-state index contributed by atoms with van der Waals surface area (Å²) in [7, 11) is 0. The van der Waals surface area contributed by atoms with Gasteiger partial charge in [0.25, 0.3) is 5.91 Å². The molecular formula is C23H23N5O. The number of hydrogen-bond donors (Lipinski definition) is 2. The average molecular weight is 385 g/mol. The molecule has 6 heteroatoms. The average Bonchev–Trinajstić information content (AvgIpc) is 3.28. The molecule has 1 aliphatic carbocycles. The molecule has 1 amide bonds. The summed E-state index contributed by atoms with van der Waals surface area (Å²) in [4.78, 5) is 24.1. The van der Waals surface area contributed by atoms with Crippen molar-refractivity contribution < 1.29 is 4.79 Å². The maximum Gasteiger partial charge on any atom is 0.255 e. The minimum absolute atomic E-state index is 0.0477. The molecule has 6 nitrogen and oxygen atoms in total. The van der Waals surface area contributed by atoms with Gasteiger partial charge in [0, 0.05) is 43.6 Å². The smallest absolute Gasteiger partial charge is 0.255 e. The molecule has 0 bridgehead atoms. The van der Waals surface area contributed by atoms with E-state index in [1.54, 1.807) is 12.4 Å². The fraction of sp³-hybridized carbons (Fsp3) is 0.348. The molecule has 29 heavy (non-hydrogen) atoms. The van der Waals surface area contributed by atoms with Gasteiger partial charge in [-0.1, -0.05) is 18.2 Å². The molecule has 2 N–H and O–H groups in total. The van der Waals surface area contributed by atoms with Gasteiger partial charge in [0.1, 0.15) is 5.66 Å². The summed E-state index contributed by atoms with van der Waals surface area (Å²) in [5.41, 5.74) is 4.52. The van der Waals surface area contributed by atoms with Crippen LogP contribution in [0.15, 0.2) is 54.9 Å². The number of likely N-dealkylation sites (tertiary alicyclic amines) is 1. The van der Waals surface area contributed by atoms with E-state index in [0.29, 0.717) is 11.8 Å². The summed E-state index contributed by atoms with van der Waals surface area (Å²) in [5, 5.41) is 7.04.